The van der Waals surface area contributed by atoms with Crippen LogP contribution in [0.1, 0.15) is 39.5 Å². The third-order valence-electron chi connectivity index (χ3n) is 5.01. The number of likely N-dealkylation sites (tertiary alicyclic amines) is 1. The van der Waals surface area contributed by atoms with Crippen LogP contribution in [0.25, 0.3) is 0 Å². The Labute approximate surface area is 127 Å². The average molecular weight is 297 g/mol. The Balaban J connectivity index is 1.79. The van der Waals surface area contributed by atoms with Crippen LogP contribution >= 0.6 is 12.2 Å². The van der Waals surface area contributed by atoms with E-state index in [1.54, 1.807) is 0 Å². The van der Waals surface area contributed by atoms with Crippen LogP contribution in [0.2, 0.25) is 0 Å². The van der Waals surface area contributed by atoms with Crippen LogP contribution in [0.4, 0.5) is 0 Å². The Morgan fingerprint density at radius 3 is 2.45 bits per heavy atom. The van der Waals surface area contributed by atoms with Crippen LogP contribution in [0, 0.1) is 17.3 Å². The molecular formula is C15H27N3OS. The van der Waals surface area contributed by atoms with E-state index in [1.165, 1.54) is 12.8 Å². The minimum absolute atomic E-state index is 0.0565. The molecule has 0 aromatic heterocycles. The fraction of sp³-hybridized carbons (Fsp3) is 0.867. The third kappa shape index (κ3) is 3.14. The molecule has 0 unspecified atom stereocenters. The monoisotopic (exact) mass is 297 g/mol. The Hall–Kier alpha value is -0.680. The van der Waals surface area contributed by atoms with Gasteiger partial charge in [-0.1, -0.05) is 26.1 Å². The molecule has 4 nitrogen and oxygen atoms in total. The van der Waals surface area contributed by atoms with Gasteiger partial charge in [0.15, 0.2) is 0 Å². The number of thiocarbonyl (C=S) groups is 1. The molecule has 1 saturated carbocycles. The molecule has 1 aliphatic heterocycles. The van der Waals surface area contributed by atoms with Gasteiger partial charge in [0.05, 0.1) is 10.4 Å². The highest BCUT2D eigenvalue weighted by Gasteiger charge is 2.50. The number of hydrogen-bond donors (Lipinski definition) is 2. The summed E-state index contributed by atoms with van der Waals surface area (Å²) in [4.78, 5) is 15.2. The van der Waals surface area contributed by atoms with Gasteiger partial charge in [-0.15, -0.1) is 0 Å². The quantitative estimate of drug-likeness (QED) is 0.756. The van der Waals surface area contributed by atoms with Crippen molar-refractivity contribution in [2.45, 2.75) is 39.5 Å². The van der Waals surface area contributed by atoms with Gasteiger partial charge < -0.3 is 16.0 Å². The summed E-state index contributed by atoms with van der Waals surface area (Å²) in [6.45, 7) is 8.54. The second-order valence-corrected chi connectivity index (χ2v) is 6.99. The lowest BCUT2D eigenvalue weighted by Crippen LogP contribution is -2.56. The highest BCUT2D eigenvalue weighted by atomic mass is 32.1. The SMILES string of the molecule is CCN1CCC(CNC(=O)C2(C(N)=S)CC(C)C2)CC1. The first kappa shape index (κ1) is 15.7. The largest absolute Gasteiger partial charge is 0.392 e. The van der Waals surface area contributed by atoms with Gasteiger partial charge in [0.25, 0.3) is 0 Å². The van der Waals surface area contributed by atoms with Gasteiger partial charge in [-0.05, 0) is 57.2 Å². The zero-order valence-corrected chi connectivity index (χ0v) is 13.5. The first-order valence-corrected chi connectivity index (χ1v) is 8.19. The predicted octanol–water partition coefficient (Wildman–Crippen LogP) is 1.54. The number of nitrogens with zero attached hydrogens (tertiary/aromatic N) is 1. The maximum Gasteiger partial charge on any atom is 0.233 e. The normalized spacial score (nSPS) is 31.6. The van der Waals surface area contributed by atoms with Crippen molar-refractivity contribution < 1.29 is 4.79 Å². The molecule has 114 valence electrons. The summed E-state index contributed by atoms with van der Waals surface area (Å²) >= 11 is 5.12. The molecule has 2 aliphatic rings. The van der Waals surface area contributed by atoms with E-state index in [-0.39, 0.29) is 5.91 Å². The molecule has 3 N–H and O–H groups in total. The van der Waals surface area contributed by atoms with Crippen molar-refractivity contribution in [3.63, 3.8) is 0 Å². The lowest BCUT2D eigenvalue weighted by atomic mass is 9.62. The first-order valence-electron chi connectivity index (χ1n) is 7.78. The van der Waals surface area contributed by atoms with Crippen molar-refractivity contribution >= 4 is 23.1 Å². The molecule has 20 heavy (non-hydrogen) atoms. The van der Waals surface area contributed by atoms with Crippen LogP contribution < -0.4 is 11.1 Å². The highest BCUT2D eigenvalue weighted by molar-refractivity contribution is 7.80. The Morgan fingerprint density at radius 2 is 2.00 bits per heavy atom. The molecule has 1 heterocycles. The lowest BCUT2D eigenvalue weighted by molar-refractivity contribution is -0.133. The number of amides is 1. The predicted molar refractivity (Wildman–Crippen MR) is 85.5 cm³/mol. The van der Waals surface area contributed by atoms with Gasteiger partial charge in [0, 0.05) is 6.54 Å². The summed E-state index contributed by atoms with van der Waals surface area (Å²) in [7, 11) is 0. The van der Waals surface area contributed by atoms with E-state index < -0.39 is 5.41 Å². The van der Waals surface area contributed by atoms with E-state index in [9.17, 15) is 4.79 Å². The summed E-state index contributed by atoms with van der Waals surface area (Å²) in [5.41, 5.74) is 5.25. The van der Waals surface area contributed by atoms with Crippen LogP contribution in [0.15, 0.2) is 0 Å². The van der Waals surface area contributed by atoms with Gasteiger partial charge >= 0.3 is 0 Å². The van der Waals surface area contributed by atoms with Crippen molar-refractivity contribution in [1.29, 1.82) is 0 Å². The molecule has 0 spiro atoms. The molecule has 2 fully saturated rings. The summed E-state index contributed by atoms with van der Waals surface area (Å²) in [5.74, 6) is 1.21. The topological polar surface area (TPSA) is 58.4 Å². The Bertz CT molecular complexity index is 371. The van der Waals surface area contributed by atoms with E-state index in [0.29, 0.717) is 16.8 Å². The average Bonchev–Trinajstić information content (AvgIpc) is 2.41. The number of rotatable bonds is 5. The van der Waals surface area contributed by atoms with Gasteiger partial charge in [-0.3, -0.25) is 4.79 Å². The summed E-state index contributed by atoms with van der Waals surface area (Å²) in [6.07, 6.45) is 3.96. The minimum atomic E-state index is -0.557. The molecule has 1 aliphatic carbocycles. The second-order valence-electron chi connectivity index (χ2n) is 6.55. The van der Waals surface area contributed by atoms with Crippen molar-refractivity contribution in [2.75, 3.05) is 26.2 Å². The molecule has 0 aromatic carbocycles. The molecule has 1 amide bonds. The molecule has 1 saturated heterocycles. The van der Waals surface area contributed by atoms with E-state index in [2.05, 4.69) is 24.1 Å². The van der Waals surface area contributed by atoms with E-state index in [0.717, 1.165) is 39.0 Å². The molecular weight excluding hydrogens is 270 g/mol. The van der Waals surface area contributed by atoms with Crippen LogP contribution in [0.3, 0.4) is 0 Å². The van der Waals surface area contributed by atoms with Crippen molar-refractivity contribution in [3.8, 4) is 0 Å². The fourth-order valence-corrected chi connectivity index (χ4v) is 3.80. The number of carbonyl (C=O) groups excluding carboxylic acids is 1. The van der Waals surface area contributed by atoms with Crippen molar-refractivity contribution in [1.82, 2.24) is 10.2 Å². The number of piperidine rings is 1. The number of hydrogen-bond acceptors (Lipinski definition) is 3. The maximum absolute atomic E-state index is 12.4. The summed E-state index contributed by atoms with van der Waals surface area (Å²) in [5, 5.41) is 3.10. The summed E-state index contributed by atoms with van der Waals surface area (Å²) < 4.78 is 0. The smallest absolute Gasteiger partial charge is 0.233 e. The first-order chi connectivity index (χ1) is 9.48. The van der Waals surface area contributed by atoms with E-state index >= 15 is 0 Å². The fourth-order valence-electron chi connectivity index (χ4n) is 3.54. The van der Waals surface area contributed by atoms with Gasteiger partial charge in [0.1, 0.15) is 0 Å². The molecule has 2 rings (SSSR count). The molecule has 0 bridgehead atoms. The molecule has 5 heteroatoms. The van der Waals surface area contributed by atoms with Gasteiger partial charge in [0.2, 0.25) is 5.91 Å². The Kier molecular flexibility index (Phi) is 5.02. The zero-order chi connectivity index (χ0) is 14.8. The number of nitrogens with one attached hydrogen (secondary N) is 1. The van der Waals surface area contributed by atoms with Gasteiger partial charge in [-0.2, -0.15) is 0 Å². The highest BCUT2D eigenvalue weighted by Crippen LogP contribution is 2.46. The zero-order valence-electron chi connectivity index (χ0n) is 12.7. The van der Waals surface area contributed by atoms with Crippen molar-refractivity contribution in [3.05, 3.63) is 0 Å². The number of nitrogens with two attached hydrogens (primary N) is 1. The number of carbonyl (C=O) groups is 1. The summed E-state index contributed by atoms with van der Waals surface area (Å²) in [6, 6.07) is 0. The van der Waals surface area contributed by atoms with Crippen LogP contribution in [-0.2, 0) is 4.79 Å². The van der Waals surface area contributed by atoms with Gasteiger partial charge in [-0.25, -0.2) is 0 Å². The minimum Gasteiger partial charge on any atom is -0.392 e. The molecule has 0 atom stereocenters. The second kappa shape index (κ2) is 6.39. The van der Waals surface area contributed by atoms with Crippen LogP contribution in [-0.4, -0.2) is 42.0 Å². The lowest BCUT2D eigenvalue weighted by Gasteiger charge is -2.44. The van der Waals surface area contributed by atoms with E-state index in [1.807, 2.05) is 0 Å². The van der Waals surface area contributed by atoms with Crippen molar-refractivity contribution in [2.24, 2.45) is 23.0 Å². The molecule has 0 radical (unpaired) electrons. The molecule has 0 aromatic rings. The van der Waals surface area contributed by atoms with Crippen LogP contribution in [0.5, 0.6) is 0 Å². The standard InChI is InChI=1S/C15H27N3OS/c1-3-18-6-4-12(5-7-18)10-17-14(19)15(13(16)20)8-11(2)9-15/h11-12H,3-10H2,1-2H3,(H2,16,20)(H,17,19). The van der Waals surface area contributed by atoms with E-state index in [4.69, 9.17) is 18.0 Å². The Morgan fingerprint density at radius 1 is 1.40 bits per heavy atom. The maximum atomic E-state index is 12.4. The third-order valence-corrected chi connectivity index (χ3v) is 5.40.